The number of amides is 1. The molecule has 5 aromatic rings. The van der Waals surface area contributed by atoms with E-state index in [1.807, 2.05) is 54.1 Å². The van der Waals surface area contributed by atoms with Crippen LogP contribution in [0.25, 0.3) is 10.9 Å². The van der Waals surface area contributed by atoms with Crippen molar-refractivity contribution in [2.24, 2.45) is 0 Å². The van der Waals surface area contributed by atoms with Gasteiger partial charge in [-0.15, -0.1) is 0 Å². The SMILES string of the molecule is Cc1cc(C)c(S(=O)(=O)NC(CNC(=O)c2ccc3c(c2)c(CCc2ccccc2)nn3CCCNc2ccccn2)C(=O)O)c(C)c1.O=C(O)C(F)(F)F. The number of benzene rings is 3. The lowest BCUT2D eigenvalue weighted by atomic mass is 10.0. The van der Waals surface area contributed by atoms with E-state index in [1.54, 1.807) is 44.3 Å². The smallest absolute Gasteiger partial charge is 0.480 e. The number of alkyl halides is 3. The fourth-order valence-electron chi connectivity index (χ4n) is 5.88. The molecular weight excluding hydrogens is 742 g/mol. The van der Waals surface area contributed by atoms with Crippen LogP contribution in [0.1, 0.15) is 44.7 Å². The summed E-state index contributed by atoms with van der Waals surface area (Å²) in [5.74, 6) is -3.88. The Morgan fingerprint density at radius 3 is 2.15 bits per heavy atom. The molecule has 0 saturated carbocycles. The molecule has 1 atom stereocenters. The normalized spacial score (nSPS) is 12.0. The van der Waals surface area contributed by atoms with Crippen LogP contribution < -0.4 is 15.4 Å². The first-order valence-corrected chi connectivity index (χ1v) is 18.5. The zero-order valence-corrected chi connectivity index (χ0v) is 31.0. The summed E-state index contributed by atoms with van der Waals surface area (Å²) in [4.78, 5) is 38.6. The number of fused-ring (bicyclic) bond motifs is 1. The number of carbonyl (C=O) groups is 3. The predicted octanol–water partition coefficient (Wildman–Crippen LogP) is 5.44. The largest absolute Gasteiger partial charge is 0.490 e. The summed E-state index contributed by atoms with van der Waals surface area (Å²) < 4.78 is 62.4. The second-order valence-corrected chi connectivity index (χ2v) is 14.3. The first-order valence-electron chi connectivity index (χ1n) is 17.1. The van der Waals surface area contributed by atoms with Gasteiger partial charge >= 0.3 is 18.1 Å². The highest BCUT2D eigenvalue weighted by atomic mass is 32.2. The summed E-state index contributed by atoms with van der Waals surface area (Å²) >= 11 is 0. The number of hydrogen-bond acceptors (Lipinski definition) is 8. The molecule has 2 aromatic heterocycles. The zero-order valence-electron chi connectivity index (χ0n) is 30.2. The summed E-state index contributed by atoms with van der Waals surface area (Å²) in [5, 5.41) is 28.6. The molecule has 0 fully saturated rings. The Bertz CT molecular complexity index is 2210. The summed E-state index contributed by atoms with van der Waals surface area (Å²) in [7, 11) is -4.18. The average molecular weight is 783 g/mol. The Labute approximate surface area is 315 Å². The molecule has 0 radical (unpaired) electrons. The molecule has 1 amide bonds. The van der Waals surface area contributed by atoms with Crippen molar-refractivity contribution in [3.05, 3.63) is 119 Å². The van der Waals surface area contributed by atoms with Crippen LogP contribution in [-0.2, 0) is 39.0 Å². The molecular formula is C38H41F3N6O7S. The van der Waals surface area contributed by atoms with E-state index in [4.69, 9.17) is 15.0 Å². The van der Waals surface area contributed by atoms with E-state index in [9.17, 15) is 36.3 Å². The molecule has 0 spiro atoms. The molecule has 5 N–H and O–H groups in total. The lowest BCUT2D eigenvalue weighted by molar-refractivity contribution is -0.192. The van der Waals surface area contributed by atoms with Crippen LogP contribution in [0.4, 0.5) is 19.0 Å². The minimum absolute atomic E-state index is 0.0312. The lowest BCUT2D eigenvalue weighted by Crippen LogP contribution is -2.48. The van der Waals surface area contributed by atoms with Crippen LogP contribution in [0.15, 0.2) is 90.0 Å². The standard InChI is InChI=1S/C36H40N6O5S.C2HF3O2/c1-24-20-25(2)34(26(3)21-24)48(46,47)41-31(36(44)45)23-39-35(43)28-14-16-32-29(22-28)30(15-13-27-10-5-4-6-11-27)40-42(32)19-9-18-38-33-12-7-8-17-37-33;3-2(4,5)1(6)7/h4-8,10-12,14,16-17,20-22,31,41H,9,13,15,18-19,23H2,1-3H3,(H,37,38)(H,39,43)(H,44,45);(H,6,7). The van der Waals surface area contributed by atoms with E-state index in [0.717, 1.165) is 40.8 Å². The van der Waals surface area contributed by atoms with Crippen LogP contribution in [0, 0.1) is 20.8 Å². The highest BCUT2D eigenvalue weighted by molar-refractivity contribution is 7.89. The van der Waals surface area contributed by atoms with Crippen molar-refractivity contribution in [1.29, 1.82) is 0 Å². The number of carbonyl (C=O) groups excluding carboxylic acids is 1. The number of nitrogens with zero attached hydrogens (tertiary/aromatic N) is 3. The van der Waals surface area contributed by atoms with Crippen molar-refractivity contribution >= 4 is 44.6 Å². The van der Waals surface area contributed by atoms with E-state index in [2.05, 4.69) is 32.5 Å². The molecule has 0 aliphatic heterocycles. The maximum Gasteiger partial charge on any atom is 0.490 e. The number of pyridine rings is 1. The fourth-order valence-corrected chi connectivity index (χ4v) is 7.52. The number of hydrogen-bond donors (Lipinski definition) is 5. The van der Waals surface area contributed by atoms with Gasteiger partial charge in [-0.05, 0) is 87.1 Å². The number of sulfonamides is 1. The van der Waals surface area contributed by atoms with Crippen LogP contribution in [0.3, 0.4) is 0 Å². The number of anilines is 1. The molecule has 292 valence electrons. The van der Waals surface area contributed by atoms with Gasteiger partial charge in [0.2, 0.25) is 10.0 Å². The zero-order chi connectivity index (χ0) is 40.3. The first kappa shape index (κ1) is 41.9. The van der Waals surface area contributed by atoms with Crippen LogP contribution in [0.2, 0.25) is 0 Å². The van der Waals surface area contributed by atoms with Crippen molar-refractivity contribution in [1.82, 2.24) is 24.8 Å². The van der Waals surface area contributed by atoms with Gasteiger partial charge in [-0.2, -0.15) is 23.0 Å². The van der Waals surface area contributed by atoms with Gasteiger partial charge in [0, 0.05) is 36.8 Å². The van der Waals surface area contributed by atoms with E-state index in [1.165, 1.54) is 5.56 Å². The molecule has 3 aromatic carbocycles. The maximum atomic E-state index is 13.3. The molecule has 17 heteroatoms. The predicted molar refractivity (Wildman–Crippen MR) is 199 cm³/mol. The Kier molecular flexibility index (Phi) is 14.1. The minimum atomic E-state index is -5.08. The fraction of sp³-hybridized carbons (Fsp3) is 0.289. The highest BCUT2D eigenvalue weighted by Crippen LogP contribution is 2.24. The Hall–Kier alpha value is -5.81. The third-order valence-electron chi connectivity index (χ3n) is 8.28. The summed E-state index contributed by atoms with van der Waals surface area (Å²) in [6.45, 7) is 6.09. The molecule has 2 heterocycles. The third kappa shape index (κ3) is 11.8. The summed E-state index contributed by atoms with van der Waals surface area (Å²) in [5.41, 5.74) is 5.14. The second-order valence-electron chi connectivity index (χ2n) is 12.6. The van der Waals surface area contributed by atoms with E-state index in [-0.39, 0.29) is 4.90 Å². The molecule has 5 rings (SSSR count). The van der Waals surface area contributed by atoms with Crippen LogP contribution in [-0.4, -0.2) is 76.5 Å². The topological polar surface area (TPSA) is 193 Å². The number of carboxylic acids is 2. The van der Waals surface area contributed by atoms with Crippen molar-refractivity contribution in [2.75, 3.05) is 18.4 Å². The van der Waals surface area contributed by atoms with E-state index < -0.39 is 46.6 Å². The summed E-state index contributed by atoms with van der Waals surface area (Å²) in [6.07, 6.45) is -1.12. The Morgan fingerprint density at radius 1 is 0.891 bits per heavy atom. The number of rotatable bonds is 15. The van der Waals surface area contributed by atoms with Crippen LogP contribution in [0.5, 0.6) is 0 Å². The first-order chi connectivity index (χ1) is 26.0. The average Bonchev–Trinajstić information content (AvgIpc) is 3.47. The van der Waals surface area contributed by atoms with Crippen molar-refractivity contribution < 1.29 is 46.2 Å². The molecule has 1 unspecified atom stereocenters. The van der Waals surface area contributed by atoms with Gasteiger partial charge in [-0.25, -0.2) is 18.2 Å². The number of aryl methyl sites for hydroxylation is 6. The van der Waals surface area contributed by atoms with Crippen molar-refractivity contribution in [3.63, 3.8) is 0 Å². The highest BCUT2D eigenvalue weighted by Gasteiger charge is 2.38. The number of halogens is 3. The monoisotopic (exact) mass is 782 g/mol. The molecule has 0 aliphatic carbocycles. The number of carboxylic acid groups (broad SMARTS) is 2. The Morgan fingerprint density at radius 2 is 1.55 bits per heavy atom. The Balaban J connectivity index is 0.000000876. The number of aromatic nitrogens is 3. The van der Waals surface area contributed by atoms with E-state index >= 15 is 0 Å². The second kappa shape index (κ2) is 18.5. The van der Waals surface area contributed by atoms with Gasteiger partial charge in [0.05, 0.1) is 16.1 Å². The van der Waals surface area contributed by atoms with Gasteiger partial charge in [-0.3, -0.25) is 14.3 Å². The molecule has 55 heavy (non-hydrogen) atoms. The molecule has 0 bridgehead atoms. The van der Waals surface area contributed by atoms with Crippen molar-refractivity contribution in [3.8, 4) is 0 Å². The van der Waals surface area contributed by atoms with Gasteiger partial charge in [0.1, 0.15) is 11.9 Å². The van der Waals surface area contributed by atoms with Gasteiger partial charge in [-0.1, -0.05) is 54.1 Å². The number of aliphatic carboxylic acids is 2. The number of nitrogens with one attached hydrogen (secondary N) is 3. The van der Waals surface area contributed by atoms with Crippen LogP contribution >= 0.6 is 0 Å². The minimum Gasteiger partial charge on any atom is -0.480 e. The lowest BCUT2D eigenvalue weighted by Gasteiger charge is -2.18. The van der Waals surface area contributed by atoms with Gasteiger partial charge < -0.3 is 20.8 Å². The van der Waals surface area contributed by atoms with Gasteiger partial charge in [0.25, 0.3) is 5.91 Å². The summed E-state index contributed by atoms with van der Waals surface area (Å²) in [6, 6.07) is 23.0. The maximum absolute atomic E-state index is 13.3. The third-order valence-corrected chi connectivity index (χ3v) is 10.1. The van der Waals surface area contributed by atoms with Crippen molar-refractivity contribution in [2.45, 2.75) is 63.7 Å². The molecule has 0 aliphatic rings. The van der Waals surface area contributed by atoms with Gasteiger partial charge in [0.15, 0.2) is 0 Å². The quantitative estimate of drug-likeness (QED) is 0.0855. The molecule has 0 saturated heterocycles. The molecule has 13 nitrogen and oxygen atoms in total. The van der Waals surface area contributed by atoms with E-state index in [0.29, 0.717) is 36.2 Å².